The summed E-state index contributed by atoms with van der Waals surface area (Å²) in [5.74, 6) is 0.433. The molecule has 0 atom stereocenters. The van der Waals surface area contributed by atoms with Gasteiger partial charge in [0.05, 0.1) is 5.56 Å². The molecule has 5 heteroatoms. The standard InChI is InChI=1S/C16H11Cl2N3/c1-10-6-5-9-19-13(10)16-20-14(17)12(15(18)21-16)11-7-3-2-4-8-11/h2-9H,1H3. The molecule has 3 aromatic rings. The second-order valence-electron chi connectivity index (χ2n) is 4.54. The van der Waals surface area contributed by atoms with Gasteiger partial charge in [-0.05, 0) is 24.1 Å². The van der Waals surface area contributed by atoms with Crippen LogP contribution in [-0.2, 0) is 0 Å². The number of benzene rings is 1. The lowest BCUT2D eigenvalue weighted by Crippen LogP contribution is -1.97. The molecule has 0 aliphatic rings. The zero-order valence-corrected chi connectivity index (χ0v) is 12.7. The average Bonchev–Trinajstić information content (AvgIpc) is 2.48. The maximum atomic E-state index is 6.31. The number of pyridine rings is 1. The van der Waals surface area contributed by atoms with E-state index >= 15 is 0 Å². The Hall–Kier alpha value is -1.97. The number of halogens is 2. The predicted molar refractivity (Wildman–Crippen MR) is 85.5 cm³/mol. The number of nitrogens with zero attached hydrogens (tertiary/aromatic N) is 3. The zero-order chi connectivity index (χ0) is 14.8. The van der Waals surface area contributed by atoms with E-state index < -0.39 is 0 Å². The molecule has 3 rings (SSSR count). The number of hydrogen-bond acceptors (Lipinski definition) is 3. The fourth-order valence-corrected chi connectivity index (χ4v) is 2.68. The van der Waals surface area contributed by atoms with Crippen LogP contribution in [0, 0.1) is 6.92 Å². The first kappa shape index (κ1) is 14.0. The van der Waals surface area contributed by atoms with Crippen molar-refractivity contribution in [1.29, 1.82) is 0 Å². The van der Waals surface area contributed by atoms with E-state index in [1.807, 2.05) is 49.4 Å². The van der Waals surface area contributed by atoms with Crippen LogP contribution in [0.5, 0.6) is 0 Å². The average molecular weight is 316 g/mol. The Morgan fingerprint density at radius 3 is 2.14 bits per heavy atom. The Morgan fingerprint density at radius 1 is 0.857 bits per heavy atom. The summed E-state index contributed by atoms with van der Waals surface area (Å²) >= 11 is 12.6. The third kappa shape index (κ3) is 2.75. The van der Waals surface area contributed by atoms with Gasteiger partial charge < -0.3 is 0 Å². The van der Waals surface area contributed by atoms with Gasteiger partial charge in [0.2, 0.25) is 0 Å². The molecular weight excluding hydrogens is 305 g/mol. The molecule has 1 aromatic carbocycles. The normalized spacial score (nSPS) is 10.6. The highest BCUT2D eigenvalue weighted by Crippen LogP contribution is 2.34. The molecule has 0 N–H and O–H groups in total. The van der Waals surface area contributed by atoms with Crippen molar-refractivity contribution < 1.29 is 0 Å². The van der Waals surface area contributed by atoms with Gasteiger partial charge in [-0.3, -0.25) is 4.98 Å². The van der Waals surface area contributed by atoms with Crippen molar-refractivity contribution in [1.82, 2.24) is 15.0 Å². The minimum Gasteiger partial charge on any atom is -0.253 e. The second kappa shape index (κ2) is 5.80. The summed E-state index contributed by atoms with van der Waals surface area (Å²) in [6, 6.07) is 13.4. The fourth-order valence-electron chi connectivity index (χ4n) is 2.08. The molecule has 0 bridgehead atoms. The molecule has 0 aliphatic heterocycles. The lowest BCUT2D eigenvalue weighted by molar-refractivity contribution is 1.13. The molecule has 2 heterocycles. The Labute approximate surface area is 132 Å². The Bertz CT molecular complexity index is 766. The Balaban J connectivity index is 2.15. The highest BCUT2D eigenvalue weighted by molar-refractivity contribution is 6.37. The van der Waals surface area contributed by atoms with Gasteiger partial charge in [0.1, 0.15) is 16.0 Å². The summed E-state index contributed by atoms with van der Waals surface area (Å²) in [5, 5.41) is 0.641. The van der Waals surface area contributed by atoms with Gasteiger partial charge in [0.15, 0.2) is 5.82 Å². The van der Waals surface area contributed by atoms with Crippen LogP contribution in [0.3, 0.4) is 0 Å². The summed E-state index contributed by atoms with van der Waals surface area (Å²) in [4.78, 5) is 13.0. The number of rotatable bonds is 2. The number of aryl methyl sites for hydroxylation is 1. The number of hydrogen-bond donors (Lipinski definition) is 0. The minimum absolute atomic E-state index is 0.321. The molecule has 104 valence electrons. The molecule has 0 spiro atoms. The van der Waals surface area contributed by atoms with Gasteiger partial charge in [-0.15, -0.1) is 0 Å². The van der Waals surface area contributed by atoms with E-state index in [1.54, 1.807) is 6.20 Å². The molecule has 0 saturated carbocycles. The number of aromatic nitrogens is 3. The summed E-state index contributed by atoms with van der Waals surface area (Å²) in [7, 11) is 0. The van der Waals surface area contributed by atoms with Crippen LogP contribution in [0.25, 0.3) is 22.6 Å². The minimum atomic E-state index is 0.321. The van der Waals surface area contributed by atoms with Crippen LogP contribution >= 0.6 is 23.2 Å². The molecule has 2 aromatic heterocycles. The van der Waals surface area contributed by atoms with Crippen LogP contribution in [0.2, 0.25) is 10.3 Å². The quantitative estimate of drug-likeness (QED) is 0.636. The van der Waals surface area contributed by atoms with E-state index in [0.717, 1.165) is 11.1 Å². The van der Waals surface area contributed by atoms with Crippen molar-refractivity contribution in [3.63, 3.8) is 0 Å². The van der Waals surface area contributed by atoms with Crippen molar-refractivity contribution >= 4 is 23.2 Å². The lowest BCUT2D eigenvalue weighted by Gasteiger charge is -2.09. The van der Waals surface area contributed by atoms with Crippen LogP contribution in [0.15, 0.2) is 48.7 Å². The molecule has 0 unspecified atom stereocenters. The molecule has 0 amide bonds. The third-order valence-corrected chi connectivity index (χ3v) is 3.65. The van der Waals surface area contributed by atoms with Crippen LogP contribution < -0.4 is 0 Å². The topological polar surface area (TPSA) is 38.7 Å². The molecule has 0 saturated heterocycles. The molecule has 0 radical (unpaired) electrons. The van der Waals surface area contributed by atoms with E-state index in [4.69, 9.17) is 23.2 Å². The van der Waals surface area contributed by atoms with E-state index in [9.17, 15) is 0 Å². The first-order valence-corrected chi connectivity index (χ1v) is 7.13. The first-order chi connectivity index (χ1) is 10.2. The van der Waals surface area contributed by atoms with E-state index in [1.165, 1.54) is 0 Å². The Morgan fingerprint density at radius 2 is 1.52 bits per heavy atom. The van der Waals surface area contributed by atoms with Crippen molar-refractivity contribution in [3.05, 3.63) is 64.5 Å². The smallest absolute Gasteiger partial charge is 0.181 e. The van der Waals surface area contributed by atoms with Crippen LogP contribution in [0.4, 0.5) is 0 Å². The van der Waals surface area contributed by atoms with Gasteiger partial charge in [0, 0.05) is 6.20 Å². The predicted octanol–water partition coefficient (Wildman–Crippen LogP) is 4.82. The van der Waals surface area contributed by atoms with Crippen molar-refractivity contribution in [2.24, 2.45) is 0 Å². The summed E-state index contributed by atoms with van der Waals surface area (Å²) in [6.07, 6.45) is 1.69. The van der Waals surface area contributed by atoms with Gasteiger partial charge in [-0.1, -0.05) is 59.6 Å². The fraction of sp³-hybridized carbons (Fsp3) is 0.0625. The maximum absolute atomic E-state index is 6.31. The molecule has 3 nitrogen and oxygen atoms in total. The van der Waals surface area contributed by atoms with E-state index in [-0.39, 0.29) is 0 Å². The Kier molecular flexibility index (Phi) is 3.86. The summed E-state index contributed by atoms with van der Waals surface area (Å²) in [6.45, 7) is 1.94. The van der Waals surface area contributed by atoms with Crippen molar-refractivity contribution in [3.8, 4) is 22.6 Å². The highest BCUT2D eigenvalue weighted by atomic mass is 35.5. The van der Waals surface area contributed by atoms with Crippen molar-refractivity contribution in [2.75, 3.05) is 0 Å². The summed E-state index contributed by atoms with van der Waals surface area (Å²) < 4.78 is 0. The molecule has 0 aliphatic carbocycles. The first-order valence-electron chi connectivity index (χ1n) is 6.37. The molecule has 0 fully saturated rings. The monoisotopic (exact) mass is 315 g/mol. The van der Waals surface area contributed by atoms with Crippen LogP contribution in [-0.4, -0.2) is 15.0 Å². The molecule has 21 heavy (non-hydrogen) atoms. The molecular formula is C16H11Cl2N3. The summed E-state index contributed by atoms with van der Waals surface area (Å²) in [5.41, 5.74) is 3.17. The maximum Gasteiger partial charge on any atom is 0.181 e. The van der Waals surface area contributed by atoms with Crippen LogP contribution in [0.1, 0.15) is 5.56 Å². The largest absolute Gasteiger partial charge is 0.253 e. The highest BCUT2D eigenvalue weighted by Gasteiger charge is 2.15. The van der Waals surface area contributed by atoms with E-state index in [2.05, 4.69) is 15.0 Å². The van der Waals surface area contributed by atoms with Gasteiger partial charge in [-0.2, -0.15) is 0 Å². The van der Waals surface area contributed by atoms with E-state index in [0.29, 0.717) is 27.4 Å². The van der Waals surface area contributed by atoms with Crippen molar-refractivity contribution in [2.45, 2.75) is 6.92 Å². The van der Waals surface area contributed by atoms with Gasteiger partial charge >= 0.3 is 0 Å². The second-order valence-corrected chi connectivity index (χ2v) is 5.25. The lowest BCUT2D eigenvalue weighted by atomic mass is 10.1. The van der Waals surface area contributed by atoms with Gasteiger partial charge in [-0.25, -0.2) is 9.97 Å². The third-order valence-electron chi connectivity index (χ3n) is 3.10. The zero-order valence-electron chi connectivity index (χ0n) is 11.2. The van der Waals surface area contributed by atoms with Gasteiger partial charge in [0.25, 0.3) is 0 Å². The SMILES string of the molecule is Cc1cccnc1-c1nc(Cl)c(-c2ccccc2)c(Cl)n1.